The first kappa shape index (κ1) is 19.4. The summed E-state index contributed by atoms with van der Waals surface area (Å²) in [5, 5.41) is 9.07. The van der Waals surface area contributed by atoms with Crippen LogP contribution in [-0.2, 0) is 13.0 Å². The first-order valence-corrected chi connectivity index (χ1v) is 11.4. The average Bonchev–Trinajstić information content (AvgIpc) is 3.45. The van der Waals surface area contributed by atoms with E-state index in [2.05, 4.69) is 61.6 Å². The molecule has 0 bridgehead atoms. The number of aromatic amines is 1. The summed E-state index contributed by atoms with van der Waals surface area (Å²) < 4.78 is 1.11. The Morgan fingerprint density at radius 2 is 1.77 bits per heavy atom. The quantitative estimate of drug-likeness (QED) is 0.516. The zero-order chi connectivity index (χ0) is 20.3. The average molecular weight is 419 g/mol. The lowest BCUT2D eigenvalue weighted by Crippen LogP contribution is -2.45. The Balaban J connectivity index is 1.27. The van der Waals surface area contributed by atoms with Gasteiger partial charge in [0.25, 0.3) is 0 Å². The van der Waals surface area contributed by atoms with Crippen LogP contribution in [-0.4, -0.2) is 62.7 Å². The molecule has 30 heavy (non-hydrogen) atoms. The molecule has 0 saturated carbocycles. The van der Waals surface area contributed by atoms with Crippen molar-refractivity contribution in [2.45, 2.75) is 19.9 Å². The summed E-state index contributed by atoms with van der Waals surface area (Å²) >= 11 is 1.67. The van der Waals surface area contributed by atoms with Crippen molar-refractivity contribution >= 4 is 21.6 Å². The maximum absolute atomic E-state index is 4.86. The number of rotatable bonds is 6. The second-order valence-corrected chi connectivity index (χ2v) is 8.75. The third kappa shape index (κ3) is 4.14. The molecular formula is C23H26N6S. The number of benzene rings is 1. The summed E-state index contributed by atoms with van der Waals surface area (Å²) in [5.41, 5.74) is 5.81. The predicted molar refractivity (Wildman–Crippen MR) is 122 cm³/mol. The van der Waals surface area contributed by atoms with E-state index in [1.165, 1.54) is 24.2 Å². The minimum atomic E-state index is 0.742. The largest absolute Gasteiger partial charge is 0.301 e. The number of aromatic nitrogens is 4. The summed E-state index contributed by atoms with van der Waals surface area (Å²) in [6.07, 6.45) is 6.43. The third-order valence-electron chi connectivity index (χ3n) is 5.88. The van der Waals surface area contributed by atoms with Crippen LogP contribution < -0.4 is 0 Å². The molecule has 1 aliphatic heterocycles. The minimum absolute atomic E-state index is 0.742. The Morgan fingerprint density at radius 1 is 1.00 bits per heavy atom. The van der Waals surface area contributed by atoms with Gasteiger partial charge in [-0.2, -0.15) is 5.10 Å². The van der Waals surface area contributed by atoms with Crippen LogP contribution in [0, 0.1) is 0 Å². The molecule has 0 unspecified atom stereocenters. The summed E-state index contributed by atoms with van der Waals surface area (Å²) in [6.45, 7) is 9.10. The highest BCUT2D eigenvalue weighted by Crippen LogP contribution is 2.31. The molecular weight excluding hydrogens is 392 g/mol. The van der Waals surface area contributed by atoms with Crippen molar-refractivity contribution in [3.8, 4) is 11.1 Å². The van der Waals surface area contributed by atoms with E-state index >= 15 is 0 Å². The van der Waals surface area contributed by atoms with E-state index in [-0.39, 0.29) is 0 Å². The lowest BCUT2D eigenvalue weighted by Gasteiger charge is -2.34. The Hall–Kier alpha value is -2.61. The fraction of sp³-hybridized carbons (Fsp3) is 0.348. The number of H-pyrrole nitrogens is 1. The van der Waals surface area contributed by atoms with Crippen molar-refractivity contribution in [2.75, 3.05) is 32.7 Å². The normalized spacial score (nSPS) is 15.8. The van der Waals surface area contributed by atoms with Crippen LogP contribution in [0.5, 0.6) is 0 Å². The highest BCUT2D eigenvalue weighted by atomic mass is 32.1. The molecule has 1 N–H and O–H groups in total. The first-order valence-electron chi connectivity index (χ1n) is 10.5. The van der Waals surface area contributed by atoms with Gasteiger partial charge in [0.15, 0.2) is 0 Å². The van der Waals surface area contributed by atoms with Crippen LogP contribution >= 0.6 is 11.3 Å². The standard InChI is InChI=1S/C23H26N6S/c1-2-28-7-9-29(10-8-28)15-18-5-3-17(4-6-18)11-22-24-14-21-23(27-22)20(16-30-21)19-12-25-26-13-19/h3-6,12-14,16H,2,7-11,15H2,1H3,(H,25,26). The summed E-state index contributed by atoms with van der Waals surface area (Å²) in [4.78, 5) is 14.5. The monoisotopic (exact) mass is 418 g/mol. The van der Waals surface area contributed by atoms with Crippen molar-refractivity contribution in [1.82, 2.24) is 30.0 Å². The Morgan fingerprint density at radius 3 is 2.50 bits per heavy atom. The van der Waals surface area contributed by atoms with Crippen molar-refractivity contribution in [3.63, 3.8) is 0 Å². The van der Waals surface area contributed by atoms with E-state index < -0.39 is 0 Å². The van der Waals surface area contributed by atoms with Crippen molar-refractivity contribution < 1.29 is 0 Å². The molecule has 0 aliphatic carbocycles. The van der Waals surface area contributed by atoms with Gasteiger partial charge < -0.3 is 4.90 Å². The van der Waals surface area contributed by atoms with E-state index in [9.17, 15) is 0 Å². The van der Waals surface area contributed by atoms with Gasteiger partial charge >= 0.3 is 0 Å². The lowest BCUT2D eigenvalue weighted by molar-refractivity contribution is 0.132. The molecule has 5 rings (SSSR count). The van der Waals surface area contributed by atoms with Crippen LogP contribution in [0.4, 0.5) is 0 Å². The Bertz CT molecular complexity index is 1090. The fourth-order valence-corrected chi connectivity index (χ4v) is 4.89. The molecule has 0 spiro atoms. The molecule has 154 valence electrons. The van der Waals surface area contributed by atoms with E-state index in [1.807, 2.05) is 18.6 Å². The van der Waals surface area contributed by atoms with Gasteiger partial charge in [-0.15, -0.1) is 11.3 Å². The number of hydrogen-bond acceptors (Lipinski definition) is 6. The smallest absolute Gasteiger partial charge is 0.133 e. The van der Waals surface area contributed by atoms with Crippen molar-refractivity contribution in [2.24, 2.45) is 0 Å². The maximum Gasteiger partial charge on any atom is 0.133 e. The van der Waals surface area contributed by atoms with Gasteiger partial charge in [0, 0.05) is 68.0 Å². The van der Waals surface area contributed by atoms with Crippen LogP contribution in [0.2, 0.25) is 0 Å². The van der Waals surface area contributed by atoms with Crippen LogP contribution in [0.1, 0.15) is 23.9 Å². The summed E-state index contributed by atoms with van der Waals surface area (Å²) in [5.74, 6) is 0.856. The number of thiophene rings is 1. The Labute approximate surface area is 180 Å². The summed E-state index contributed by atoms with van der Waals surface area (Å²) in [7, 11) is 0. The van der Waals surface area contributed by atoms with Gasteiger partial charge in [-0.1, -0.05) is 31.2 Å². The predicted octanol–water partition coefficient (Wildman–Crippen LogP) is 3.81. The molecule has 0 atom stereocenters. The summed E-state index contributed by atoms with van der Waals surface area (Å²) in [6, 6.07) is 8.94. The second-order valence-electron chi connectivity index (χ2n) is 7.84. The molecule has 6 nitrogen and oxygen atoms in total. The zero-order valence-corrected chi connectivity index (χ0v) is 18.0. The highest BCUT2D eigenvalue weighted by molar-refractivity contribution is 7.17. The first-order chi connectivity index (χ1) is 14.8. The molecule has 0 amide bonds. The highest BCUT2D eigenvalue weighted by Gasteiger charge is 2.15. The molecule has 1 aromatic carbocycles. The van der Waals surface area contributed by atoms with Gasteiger partial charge in [-0.25, -0.2) is 9.97 Å². The van der Waals surface area contributed by atoms with Gasteiger partial charge in [0.05, 0.1) is 16.4 Å². The van der Waals surface area contributed by atoms with Gasteiger partial charge in [-0.05, 0) is 17.7 Å². The van der Waals surface area contributed by atoms with E-state index in [1.54, 1.807) is 11.3 Å². The molecule has 1 aliphatic rings. The second kappa shape index (κ2) is 8.63. The number of nitrogens with zero attached hydrogens (tertiary/aromatic N) is 5. The minimum Gasteiger partial charge on any atom is -0.301 e. The molecule has 4 aromatic rings. The number of nitrogens with one attached hydrogen (secondary N) is 1. The maximum atomic E-state index is 4.86. The number of likely N-dealkylation sites (N-methyl/N-ethyl adjacent to an activating group) is 1. The third-order valence-corrected chi connectivity index (χ3v) is 6.78. The molecule has 7 heteroatoms. The van der Waals surface area contributed by atoms with Gasteiger partial charge in [-0.3, -0.25) is 10.00 Å². The molecule has 4 heterocycles. The van der Waals surface area contributed by atoms with Gasteiger partial charge in [0.1, 0.15) is 5.82 Å². The number of piperazine rings is 1. The molecule has 0 radical (unpaired) electrons. The fourth-order valence-electron chi connectivity index (χ4n) is 4.02. The van der Waals surface area contributed by atoms with Crippen LogP contribution in [0.15, 0.2) is 48.2 Å². The lowest BCUT2D eigenvalue weighted by atomic mass is 10.1. The topological polar surface area (TPSA) is 60.9 Å². The van der Waals surface area contributed by atoms with Gasteiger partial charge in [0.2, 0.25) is 0 Å². The number of fused-ring (bicyclic) bond motifs is 1. The van der Waals surface area contributed by atoms with E-state index in [0.717, 1.165) is 59.8 Å². The Kier molecular flexibility index (Phi) is 5.57. The number of hydrogen-bond donors (Lipinski definition) is 1. The SMILES string of the molecule is CCN1CCN(Cc2ccc(Cc3ncc4scc(-c5cn[nH]c5)c4n3)cc2)CC1. The van der Waals surface area contributed by atoms with Crippen LogP contribution in [0.3, 0.4) is 0 Å². The van der Waals surface area contributed by atoms with Crippen LogP contribution in [0.25, 0.3) is 21.3 Å². The van der Waals surface area contributed by atoms with Crippen molar-refractivity contribution in [1.29, 1.82) is 0 Å². The van der Waals surface area contributed by atoms with E-state index in [4.69, 9.17) is 4.98 Å². The van der Waals surface area contributed by atoms with E-state index in [0.29, 0.717) is 0 Å². The molecule has 1 saturated heterocycles. The van der Waals surface area contributed by atoms with Crippen molar-refractivity contribution in [3.05, 3.63) is 65.2 Å². The molecule has 1 fully saturated rings. The molecule has 3 aromatic heterocycles. The zero-order valence-electron chi connectivity index (χ0n) is 17.2.